The Kier molecular flexibility index (Phi) is 7.76. The Labute approximate surface area is 166 Å². The van der Waals surface area contributed by atoms with Gasteiger partial charge in [0.05, 0.1) is 12.1 Å². The molecule has 2 rings (SSSR count). The highest BCUT2D eigenvalue weighted by Crippen LogP contribution is 2.20. The van der Waals surface area contributed by atoms with Crippen LogP contribution in [0.1, 0.15) is 16.9 Å². The first-order chi connectivity index (χ1) is 13.4. The number of halogens is 2. The average molecular weight is 408 g/mol. The number of hydrogen-bond acceptors (Lipinski definition) is 5. The Hall–Kier alpha value is -3.13. The average Bonchev–Trinajstić information content (AvgIpc) is 2.68. The molecule has 1 aromatic heterocycles. The van der Waals surface area contributed by atoms with E-state index in [4.69, 9.17) is 21.1 Å². The molecule has 0 saturated heterocycles. The largest absolute Gasteiger partial charge is 0.484 e. The number of aromatic nitrogens is 1. The maximum atomic E-state index is 13.3. The first-order valence-corrected chi connectivity index (χ1v) is 8.61. The normalized spacial score (nSPS) is 10.1. The highest BCUT2D eigenvalue weighted by molar-refractivity contribution is 6.30. The Balaban J connectivity index is 1.70. The molecule has 7 nitrogen and oxygen atoms in total. The molecule has 1 aromatic carbocycles. The van der Waals surface area contributed by atoms with Crippen molar-refractivity contribution >= 4 is 23.4 Å². The molecule has 2 amide bonds. The van der Waals surface area contributed by atoms with E-state index in [9.17, 15) is 14.0 Å². The fraction of sp³-hybridized carbons (Fsp3) is 0.211. The molecule has 9 heteroatoms. The van der Waals surface area contributed by atoms with Crippen molar-refractivity contribution in [1.82, 2.24) is 15.6 Å². The summed E-state index contributed by atoms with van der Waals surface area (Å²) in [5.74, 6) is -0.942. The van der Waals surface area contributed by atoms with Gasteiger partial charge in [-0.05, 0) is 18.2 Å². The fourth-order valence-corrected chi connectivity index (χ4v) is 2.20. The van der Waals surface area contributed by atoms with E-state index in [2.05, 4.69) is 22.2 Å². The number of pyridine rings is 1. The van der Waals surface area contributed by atoms with Crippen molar-refractivity contribution in [2.45, 2.75) is 6.42 Å². The van der Waals surface area contributed by atoms with E-state index in [1.165, 1.54) is 19.2 Å². The van der Waals surface area contributed by atoms with Gasteiger partial charge in [0.15, 0.2) is 6.61 Å². The molecule has 1 heterocycles. The third kappa shape index (κ3) is 6.55. The van der Waals surface area contributed by atoms with Crippen molar-refractivity contribution in [2.75, 3.05) is 20.3 Å². The molecular formula is C19H19ClFN3O4. The predicted octanol–water partition coefficient (Wildman–Crippen LogP) is 2.71. The minimum atomic E-state index is -0.634. The van der Waals surface area contributed by atoms with Crippen LogP contribution in [0.3, 0.4) is 0 Å². The van der Waals surface area contributed by atoms with E-state index in [0.717, 1.165) is 6.07 Å². The van der Waals surface area contributed by atoms with Crippen molar-refractivity contribution in [3.8, 4) is 11.6 Å². The van der Waals surface area contributed by atoms with Crippen LogP contribution in [-0.4, -0.2) is 37.1 Å². The molecule has 0 aliphatic heterocycles. The molecule has 0 radical (unpaired) electrons. The van der Waals surface area contributed by atoms with Gasteiger partial charge in [0.25, 0.3) is 11.8 Å². The van der Waals surface area contributed by atoms with Crippen LogP contribution in [0.25, 0.3) is 0 Å². The molecule has 0 unspecified atom stereocenters. The lowest BCUT2D eigenvalue weighted by molar-refractivity contribution is -0.122. The number of hydrogen-bond donors (Lipinski definition) is 2. The van der Waals surface area contributed by atoms with Crippen molar-refractivity contribution < 1.29 is 23.5 Å². The van der Waals surface area contributed by atoms with Crippen molar-refractivity contribution in [3.63, 3.8) is 0 Å². The molecule has 0 aliphatic carbocycles. The van der Waals surface area contributed by atoms with Gasteiger partial charge < -0.3 is 20.1 Å². The van der Waals surface area contributed by atoms with Crippen LogP contribution < -0.4 is 20.1 Å². The lowest BCUT2D eigenvalue weighted by Crippen LogP contribution is -2.31. The van der Waals surface area contributed by atoms with E-state index < -0.39 is 11.7 Å². The number of nitrogens with zero attached hydrogens (tertiary/aromatic N) is 1. The van der Waals surface area contributed by atoms with Crippen LogP contribution >= 0.6 is 11.6 Å². The highest BCUT2D eigenvalue weighted by atomic mass is 35.5. The Morgan fingerprint density at radius 1 is 1.29 bits per heavy atom. The summed E-state index contributed by atoms with van der Waals surface area (Å²) in [4.78, 5) is 27.9. The lowest BCUT2D eigenvalue weighted by Gasteiger charge is -2.11. The molecule has 0 aliphatic rings. The summed E-state index contributed by atoms with van der Waals surface area (Å²) in [5, 5.41) is 5.18. The number of carbonyl (C=O) groups is 2. The number of amides is 2. The third-order valence-corrected chi connectivity index (χ3v) is 3.76. The molecular weight excluding hydrogens is 389 g/mol. The second-order valence-electron chi connectivity index (χ2n) is 5.59. The monoisotopic (exact) mass is 407 g/mol. The first-order valence-electron chi connectivity index (χ1n) is 8.23. The summed E-state index contributed by atoms with van der Waals surface area (Å²) < 4.78 is 23.5. The van der Waals surface area contributed by atoms with Gasteiger partial charge in [0.2, 0.25) is 5.88 Å². The predicted molar refractivity (Wildman–Crippen MR) is 102 cm³/mol. The van der Waals surface area contributed by atoms with Crippen LogP contribution in [0.15, 0.2) is 48.7 Å². The Morgan fingerprint density at radius 3 is 2.79 bits per heavy atom. The van der Waals surface area contributed by atoms with Gasteiger partial charge in [-0.15, -0.1) is 0 Å². The number of carbonyl (C=O) groups excluding carboxylic acids is 2. The smallest absolute Gasteiger partial charge is 0.270 e. The molecule has 0 fully saturated rings. The van der Waals surface area contributed by atoms with E-state index in [-0.39, 0.29) is 35.5 Å². The lowest BCUT2D eigenvalue weighted by atomic mass is 10.3. The first kappa shape index (κ1) is 21.2. The van der Waals surface area contributed by atoms with Crippen LogP contribution in [0.4, 0.5) is 4.39 Å². The number of nitrogens with one attached hydrogen (secondary N) is 2. The standard InChI is InChI=1S/C19H19ClFN3O4/c1-12(8-9-22-19(26)16-4-3-5-18(24-16)27-2)23-17(25)11-28-13-6-7-14(20)15(21)10-13/h3-7,10H,1,8-9,11H2,2H3,(H,22,26)(H,23,25). The zero-order valence-electron chi connectivity index (χ0n) is 15.1. The fourth-order valence-electron chi connectivity index (χ4n) is 2.08. The van der Waals surface area contributed by atoms with Gasteiger partial charge in [0, 0.05) is 30.8 Å². The summed E-state index contributed by atoms with van der Waals surface area (Å²) in [5.41, 5.74) is 0.618. The van der Waals surface area contributed by atoms with Gasteiger partial charge in [-0.25, -0.2) is 9.37 Å². The second kappa shape index (κ2) is 10.3. The Morgan fingerprint density at radius 2 is 2.07 bits per heavy atom. The number of rotatable bonds is 9. The maximum Gasteiger partial charge on any atom is 0.270 e. The summed E-state index contributed by atoms with van der Waals surface area (Å²) in [7, 11) is 1.46. The van der Waals surface area contributed by atoms with Crippen LogP contribution in [-0.2, 0) is 4.79 Å². The summed E-state index contributed by atoms with van der Waals surface area (Å²) in [6.07, 6.45) is 0.316. The van der Waals surface area contributed by atoms with Crippen LogP contribution in [0, 0.1) is 5.82 Å². The third-order valence-electron chi connectivity index (χ3n) is 3.45. The summed E-state index contributed by atoms with van der Waals surface area (Å²) in [6.45, 7) is 3.65. The molecule has 2 N–H and O–H groups in total. The van der Waals surface area contributed by atoms with Crippen molar-refractivity contribution in [2.24, 2.45) is 0 Å². The minimum absolute atomic E-state index is 0.0311. The quantitative estimate of drug-likeness (QED) is 0.667. The maximum absolute atomic E-state index is 13.3. The van der Waals surface area contributed by atoms with E-state index in [1.807, 2.05) is 0 Å². The molecule has 0 atom stereocenters. The zero-order chi connectivity index (χ0) is 20.5. The van der Waals surface area contributed by atoms with Gasteiger partial charge >= 0.3 is 0 Å². The molecule has 0 spiro atoms. The van der Waals surface area contributed by atoms with E-state index in [0.29, 0.717) is 18.0 Å². The number of methoxy groups -OCH3 is 1. The molecule has 148 valence electrons. The minimum Gasteiger partial charge on any atom is -0.484 e. The number of benzene rings is 1. The zero-order valence-corrected chi connectivity index (χ0v) is 15.9. The van der Waals surface area contributed by atoms with Gasteiger partial charge in [-0.3, -0.25) is 9.59 Å². The Bertz CT molecular complexity index is 876. The van der Waals surface area contributed by atoms with Crippen LogP contribution in [0.2, 0.25) is 5.02 Å². The van der Waals surface area contributed by atoms with E-state index >= 15 is 0 Å². The molecule has 2 aromatic rings. The van der Waals surface area contributed by atoms with Crippen LogP contribution in [0.5, 0.6) is 11.6 Å². The second-order valence-corrected chi connectivity index (χ2v) is 5.99. The highest BCUT2D eigenvalue weighted by Gasteiger charge is 2.09. The molecule has 0 bridgehead atoms. The molecule has 28 heavy (non-hydrogen) atoms. The van der Waals surface area contributed by atoms with Gasteiger partial charge in [-0.1, -0.05) is 24.2 Å². The SMILES string of the molecule is C=C(CCNC(=O)c1cccc(OC)n1)NC(=O)COc1ccc(Cl)c(F)c1. The van der Waals surface area contributed by atoms with Gasteiger partial charge in [0.1, 0.15) is 17.3 Å². The molecule has 0 saturated carbocycles. The summed E-state index contributed by atoms with van der Waals surface area (Å²) >= 11 is 5.58. The topological polar surface area (TPSA) is 89.5 Å². The van der Waals surface area contributed by atoms with Crippen molar-refractivity contribution in [3.05, 3.63) is 65.2 Å². The summed E-state index contributed by atoms with van der Waals surface area (Å²) in [6, 6.07) is 8.73. The van der Waals surface area contributed by atoms with Gasteiger partial charge in [-0.2, -0.15) is 0 Å². The number of ether oxygens (including phenoxy) is 2. The van der Waals surface area contributed by atoms with Crippen molar-refractivity contribution in [1.29, 1.82) is 0 Å². The van der Waals surface area contributed by atoms with E-state index in [1.54, 1.807) is 18.2 Å².